The van der Waals surface area contributed by atoms with E-state index in [2.05, 4.69) is 14.5 Å². The first-order valence-electron chi connectivity index (χ1n) is 9.63. The lowest BCUT2D eigenvalue weighted by molar-refractivity contribution is -0.388. The molecule has 5 rings (SSSR count). The van der Waals surface area contributed by atoms with Crippen LogP contribution in [0.1, 0.15) is 43.7 Å². The second kappa shape index (κ2) is 6.51. The lowest BCUT2D eigenvalue weighted by atomic mass is 9.95. The fraction of sp³-hybridized carbons (Fsp3) is 0.333. The van der Waals surface area contributed by atoms with Crippen LogP contribution >= 0.6 is 0 Å². The molecular weight excluding hydrogens is 359 g/mol. The molecule has 0 unspecified atom stereocenters. The van der Waals surface area contributed by atoms with Gasteiger partial charge in [0.2, 0.25) is 5.82 Å². The lowest BCUT2D eigenvalue weighted by Crippen LogP contribution is -2.11. The average Bonchev–Trinajstić information content (AvgIpc) is 3.34. The third kappa shape index (κ3) is 2.61. The molecule has 6 nitrogen and oxygen atoms in total. The van der Waals surface area contributed by atoms with Gasteiger partial charge in [-0.1, -0.05) is 25.3 Å². The first kappa shape index (κ1) is 17.0. The summed E-state index contributed by atoms with van der Waals surface area (Å²) in [6, 6.07) is 7.56. The third-order valence-corrected chi connectivity index (χ3v) is 5.88. The molecule has 0 spiro atoms. The van der Waals surface area contributed by atoms with E-state index in [0.29, 0.717) is 22.9 Å². The Morgan fingerprint density at radius 2 is 2.00 bits per heavy atom. The number of nitro groups is 1. The Bertz CT molecular complexity index is 1130. The fourth-order valence-corrected chi connectivity index (χ4v) is 4.52. The minimum absolute atomic E-state index is 0.273. The van der Waals surface area contributed by atoms with Crippen molar-refractivity contribution in [3.8, 4) is 11.1 Å². The monoisotopic (exact) mass is 378 g/mol. The predicted molar refractivity (Wildman–Crippen MR) is 106 cm³/mol. The van der Waals surface area contributed by atoms with Gasteiger partial charge in [0.25, 0.3) is 0 Å². The first-order chi connectivity index (χ1) is 13.6. The van der Waals surface area contributed by atoms with Gasteiger partial charge >= 0.3 is 5.69 Å². The second-order valence-electron chi connectivity index (χ2n) is 7.50. The summed E-state index contributed by atoms with van der Waals surface area (Å²) < 4.78 is 16.7. The molecule has 142 valence electrons. The summed E-state index contributed by atoms with van der Waals surface area (Å²) in [5.41, 5.74) is 3.60. The van der Waals surface area contributed by atoms with Gasteiger partial charge in [-0.15, -0.1) is 0 Å². The topological polar surface area (TPSA) is 73.3 Å². The number of rotatable bonds is 3. The van der Waals surface area contributed by atoms with Crippen molar-refractivity contribution in [1.82, 2.24) is 9.55 Å². The number of fused-ring (bicyclic) bond motifs is 2. The highest BCUT2D eigenvalue weighted by molar-refractivity contribution is 5.92. The Hall–Kier alpha value is -3.09. The molecule has 0 N–H and O–H groups in total. The van der Waals surface area contributed by atoms with Gasteiger partial charge in [0, 0.05) is 24.2 Å². The number of aliphatic imine (C=N–C) groups is 1. The Kier molecular flexibility index (Phi) is 3.96. The maximum Gasteiger partial charge on any atom is 0.310 e. The van der Waals surface area contributed by atoms with Crippen LogP contribution in [0.25, 0.3) is 22.2 Å². The minimum atomic E-state index is -0.822. The highest BCUT2D eigenvalue weighted by atomic mass is 19.1. The summed E-state index contributed by atoms with van der Waals surface area (Å²) in [7, 11) is 0. The van der Waals surface area contributed by atoms with Crippen molar-refractivity contribution in [1.29, 1.82) is 0 Å². The van der Waals surface area contributed by atoms with Crippen LogP contribution in [0, 0.1) is 15.9 Å². The van der Waals surface area contributed by atoms with Gasteiger partial charge < -0.3 is 4.57 Å². The summed E-state index contributed by atoms with van der Waals surface area (Å²) in [6.45, 7) is 0. The van der Waals surface area contributed by atoms with Crippen molar-refractivity contribution < 1.29 is 9.31 Å². The number of imidazole rings is 1. The van der Waals surface area contributed by atoms with E-state index in [1.165, 1.54) is 38.2 Å². The number of nitro benzene ring substituents is 1. The highest BCUT2D eigenvalue weighted by Gasteiger charge is 2.29. The molecule has 7 heteroatoms. The molecule has 0 radical (unpaired) electrons. The Morgan fingerprint density at radius 1 is 1.18 bits per heavy atom. The molecule has 0 amide bonds. The van der Waals surface area contributed by atoms with Gasteiger partial charge in [0.1, 0.15) is 0 Å². The van der Waals surface area contributed by atoms with E-state index >= 15 is 0 Å². The normalized spacial score (nSPS) is 16.6. The number of aromatic nitrogens is 2. The lowest BCUT2D eigenvalue weighted by Gasteiger charge is -2.23. The van der Waals surface area contributed by atoms with E-state index in [1.807, 2.05) is 24.5 Å². The molecule has 2 aliphatic rings. The summed E-state index contributed by atoms with van der Waals surface area (Å²) in [5.74, 6) is -0.822. The van der Waals surface area contributed by atoms with E-state index in [-0.39, 0.29) is 6.42 Å². The van der Waals surface area contributed by atoms with Gasteiger partial charge in [0.15, 0.2) is 0 Å². The summed E-state index contributed by atoms with van der Waals surface area (Å²) in [5, 5.41) is 11.3. The number of hydrogen-bond donors (Lipinski definition) is 0. The van der Waals surface area contributed by atoms with Crippen LogP contribution in [0.15, 0.2) is 35.6 Å². The Labute approximate surface area is 160 Å². The maximum absolute atomic E-state index is 14.5. The fourth-order valence-electron chi connectivity index (χ4n) is 4.52. The van der Waals surface area contributed by atoms with Crippen LogP contribution in [-0.2, 0) is 6.42 Å². The van der Waals surface area contributed by atoms with E-state index in [4.69, 9.17) is 0 Å². The molecule has 1 aliphatic carbocycles. The second-order valence-corrected chi connectivity index (χ2v) is 7.50. The van der Waals surface area contributed by atoms with Crippen LogP contribution in [-0.4, -0.2) is 20.7 Å². The number of nitrogens with zero attached hydrogens (tertiary/aromatic N) is 4. The van der Waals surface area contributed by atoms with Gasteiger partial charge in [-0.2, -0.15) is 4.39 Å². The number of benzene rings is 2. The Morgan fingerprint density at radius 3 is 2.79 bits per heavy atom. The zero-order valence-corrected chi connectivity index (χ0v) is 15.3. The maximum atomic E-state index is 14.5. The molecule has 2 aromatic carbocycles. The molecule has 1 fully saturated rings. The van der Waals surface area contributed by atoms with Crippen molar-refractivity contribution in [2.24, 2.45) is 4.99 Å². The van der Waals surface area contributed by atoms with Crippen LogP contribution in [0.3, 0.4) is 0 Å². The van der Waals surface area contributed by atoms with Crippen molar-refractivity contribution in [2.75, 3.05) is 0 Å². The van der Waals surface area contributed by atoms with Crippen LogP contribution < -0.4 is 0 Å². The largest absolute Gasteiger partial charge is 0.327 e. The third-order valence-electron chi connectivity index (χ3n) is 5.88. The molecule has 1 aromatic heterocycles. The summed E-state index contributed by atoms with van der Waals surface area (Å²) >= 11 is 0. The van der Waals surface area contributed by atoms with E-state index in [0.717, 1.165) is 16.6 Å². The standard InChI is InChI=1S/C21H19FN4O2/c22-17-11-16(20-15(8-9-23-20)21(17)26(27)28)13-6-7-19-18(10-13)24-12-25(19)14-4-2-1-3-5-14/h6-7,9-12,14H,1-5,8H2. The Balaban J connectivity index is 1.61. The van der Waals surface area contributed by atoms with E-state index < -0.39 is 16.4 Å². The van der Waals surface area contributed by atoms with E-state index in [1.54, 1.807) is 6.21 Å². The smallest absolute Gasteiger partial charge is 0.310 e. The summed E-state index contributed by atoms with van der Waals surface area (Å²) in [6.07, 6.45) is 9.88. The average molecular weight is 378 g/mol. The molecule has 1 saturated carbocycles. The van der Waals surface area contributed by atoms with Crippen molar-refractivity contribution in [3.05, 3.63) is 52.1 Å². The van der Waals surface area contributed by atoms with Crippen molar-refractivity contribution in [2.45, 2.75) is 44.6 Å². The molecule has 0 saturated heterocycles. The molecule has 28 heavy (non-hydrogen) atoms. The van der Waals surface area contributed by atoms with Crippen LogP contribution in [0.2, 0.25) is 0 Å². The molecular formula is C21H19FN4O2. The number of hydrogen-bond acceptors (Lipinski definition) is 4. The van der Waals surface area contributed by atoms with Gasteiger partial charge in [0.05, 0.1) is 33.5 Å². The molecule has 0 atom stereocenters. The molecule has 1 aliphatic heterocycles. The summed E-state index contributed by atoms with van der Waals surface area (Å²) in [4.78, 5) is 19.5. The highest BCUT2D eigenvalue weighted by Crippen LogP contribution is 2.43. The van der Waals surface area contributed by atoms with Crippen LogP contribution in [0.4, 0.5) is 15.8 Å². The molecule has 0 bridgehead atoms. The zero-order chi connectivity index (χ0) is 19.3. The quantitative estimate of drug-likeness (QED) is 0.445. The van der Waals surface area contributed by atoms with Gasteiger partial charge in [-0.3, -0.25) is 15.1 Å². The van der Waals surface area contributed by atoms with Crippen molar-refractivity contribution in [3.63, 3.8) is 0 Å². The first-order valence-corrected chi connectivity index (χ1v) is 9.63. The van der Waals surface area contributed by atoms with Crippen LogP contribution in [0.5, 0.6) is 0 Å². The predicted octanol–water partition coefficient (Wildman–Crippen LogP) is 5.51. The molecule has 2 heterocycles. The van der Waals surface area contributed by atoms with Crippen molar-refractivity contribution >= 4 is 28.6 Å². The minimum Gasteiger partial charge on any atom is -0.327 e. The van der Waals surface area contributed by atoms with E-state index in [9.17, 15) is 14.5 Å². The van der Waals surface area contributed by atoms with Gasteiger partial charge in [-0.05, 0) is 36.6 Å². The zero-order valence-electron chi connectivity index (χ0n) is 15.3. The SMILES string of the molecule is O=[N+]([O-])c1c(F)cc(-c2ccc3c(c2)ncn3C2CCCCC2)c2c1CC=N2. The number of halogens is 1. The molecule has 3 aromatic rings. The van der Waals surface area contributed by atoms with Gasteiger partial charge in [-0.25, -0.2) is 4.98 Å².